The van der Waals surface area contributed by atoms with Gasteiger partial charge in [0.1, 0.15) is 12.4 Å². The Kier molecular flexibility index (Phi) is 7.35. The molecule has 10 heteroatoms. The first-order valence-corrected chi connectivity index (χ1v) is 13.2. The van der Waals surface area contributed by atoms with E-state index in [-0.39, 0.29) is 10.9 Å². The molecule has 190 valence electrons. The molecule has 4 rings (SSSR count). The summed E-state index contributed by atoms with van der Waals surface area (Å²) in [6, 6.07) is 13.9. The summed E-state index contributed by atoms with van der Waals surface area (Å²) in [5.41, 5.74) is 3.94. The van der Waals surface area contributed by atoms with E-state index in [0.717, 1.165) is 22.2 Å². The Morgan fingerprint density at radius 3 is 2.47 bits per heavy atom. The van der Waals surface area contributed by atoms with Crippen molar-refractivity contribution in [3.8, 4) is 5.75 Å². The molecular formula is C26H31N5O4S. The van der Waals surface area contributed by atoms with Gasteiger partial charge in [0.15, 0.2) is 0 Å². The number of urea groups is 1. The van der Waals surface area contributed by atoms with Gasteiger partial charge in [-0.15, -0.1) is 0 Å². The number of benzene rings is 2. The SMILES string of the molecule is CNC(=O)NCCc1c(C)n(S(=O)(=O)c2ccc(C)cc2)c2ccc(OCCn3ccc(C)n3)cc12. The van der Waals surface area contributed by atoms with Crippen LogP contribution >= 0.6 is 0 Å². The van der Waals surface area contributed by atoms with Gasteiger partial charge in [0.2, 0.25) is 0 Å². The third-order valence-electron chi connectivity index (χ3n) is 6.06. The van der Waals surface area contributed by atoms with E-state index < -0.39 is 10.0 Å². The van der Waals surface area contributed by atoms with Crippen molar-refractivity contribution in [3.05, 3.63) is 77.2 Å². The summed E-state index contributed by atoms with van der Waals surface area (Å²) in [5.74, 6) is 0.636. The Labute approximate surface area is 211 Å². The highest BCUT2D eigenvalue weighted by Crippen LogP contribution is 2.33. The highest BCUT2D eigenvalue weighted by atomic mass is 32.2. The van der Waals surface area contributed by atoms with Crippen LogP contribution in [0.25, 0.3) is 10.9 Å². The summed E-state index contributed by atoms with van der Waals surface area (Å²) in [6.07, 6.45) is 2.36. The number of nitrogens with one attached hydrogen (secondary N) is 2. The molecule has 0 fully saturated rings. The van der Waals surface area contributed by atoms with Crippen LogP contribution in [0.15, 0.2) is 59.6 Å². The van der Waals surface area contributed by atoms with E-state index in [2.05, 4.69) is 15.7 Å². The zero-order valence-corrected chi connectivity index (χ0v) is 21.7. The first-order chi connectivity index (χ1) is 17.2. The minimum Gasteiger partial charge on any atom is -0.492 e. The highest BCUT2D eigenvalue weighted by molar-refractivity contribution is 7.90. The molecule has 36 heavy (non-hydrogen) atoms. The number of carbonyl (C=O) groups excluding carboxylic acids is 1. The van der Waals surface area contributed by atoms with Crippen molar-refractivity contribution in [3.63, 3.8) is 0 Å². The molecule has 0 unspecified atom stereocenters. The van der Waals surface area contributed by atoms with Crippen LogP contribution in [-0.4, -0.2) is 48.4 Å². The number of aryl methyl sites for hydroxylation is 2. The number of amides is 2. The predicted molar refractivity (Wildman–Crippen MR) is 139 cm³/mol. The molecule has 0 spiro atoms. The molecular weight excluding hydrogens is 478 g/mol. The number of nitrogens with zero attached hydrogens (tertiary/aromatic N) is 3. The topological polar surface area (TPSA) is 107 Å². The quantitative estimate of drug-likeness (QED) is 0.359. The second kappa shape index (κ2) is 10.4. The maximum atomic E-state index is 13.7. The maximum absolute atomic E-state index is 13.7. The fourth-order valence-corrected chi connectivity index (χ4v) is 5.78. The van der Waals surface area contributed by atoms with Crippen LogP contribution in [0, 0.1) is 20.8 Å². The minimum absolute atomic E-state index is 0.220. The molecule has 0 saturated heterocycles. The molecule has 4 aromatic rings. The molecule has 0 atom stereocenters. The highest BCUT2D eigenvalue weighted by Gasteiger charge is 2.25. The minimum atomic E-state index is -3.84. The molecule has 0 aliphatic carbocycles. The monoisotopic (exact) mass is 509 g/mol. The van der Waals surface area contributed by atoms with Gasteiger partial charge in [-0.2, -0.15) is 5.10 Å². The lowest BCUT2D eigenvalue weighted by atomic mass is 10.1. The smallest absolute Gasteiger partial charge is 0.314 e. The Balaban J connectivity index is 1.70. The first kappa shape index (κ1) is 25.3. The van der Waals surface area contributed by atoms with E-state index in [4.69, 9.17) is 4.74 Å². The van der Waals surface area contributed by atoms with Gasteiger partial charge in [-0.25, -0.2) is 17.2 Å². The second-order valence-corrected chi connectivity index (χ2v) is 10.4. The number of hydrogen-bond donors (Lipinski definition) is 2. The lowest BCUT2D eigenvalue weighted by Gasteiger charge is -2.11. The second-order valence-electron chi connectivity index (χ2n) is 8.65. The standard InChI is InChI=1S/C26H31N5O4S/c1-18-5-8-22(9-6-18)36(33,34)31-20(3)23(11-13-28-26(32)27-4)24-17-21(7-10-25(24)31)35-16-15-30-14-12-19(2)29-30/h5-10,12,14,17H,11,13,15-16H2,1-4H3,(H2,27,28,32). The number of ether oxygens (including phenoxy) is 1. The van der Waals surface area contributed by atoms with Gasteiger partial charge in [0, 0.05) is 30.9 Å². The van der Waals surface area contributed by atoms with E-state index in [1.54, 1.807) is 50.4 Å². The average molecular weight is 510 g/mol. The van der Waals surface area contributed by atoms with Gasteiger partial charge in [0.25, 0.3) is 10.0 Å². The van der Waals surface area contributed by atoms with Crippen molar-refractivity contribution < 1.29 is 17.9 Å². The van der Waals surface area contributed by atoms with Crippen molar-refractivity contribution in [2.45, 2.75) is 38.6 Å². The molecule has 9 nitrogen and oxygen atoms in total. The van der Waals surface area contributed by atoms with Crippen LogP contribution < -0.4 is 15.4 Å². The third kappa shape index (κ3) is 5.23. The number of carbonyl (C=O) groups is 1. The van der Waals surface area contributed by atoms with E-state index in [1.165, 1.54) is 3.97 Å². The van der Waals surface area contributed by atoms with Gasteiger partial charge in [0.05, 0.1) is 22.7 Å². The van der Waals surface area contributed by atoms with E-state index in [9.17, 15) is 13.2 Å². The number of aromatic nitrogens is 3. The summed E-state index contributed by atoms with van der Waals surface area (Å²) in [5, 5.41) is 10.4. The van der Waals surface area contributed by atoms with Crippen molar-refractivity contribution in [1.82, 2.24) is 24.4 Å². The summed E-state index contributed by atoms with van der Waals surface area (Å²) >= 11 is 0. The number of fused-ring (bicyclic) bond motifs is 1. The molecule has 2 aromatic heterocycles. The Hall–Kier alpha value is -3.79. The molecule has 0 aliphatic heterocycles. The summed E-state index contributed by atoms with van der Waals surface area (Å²) in [7, 11) is -2.29. The molecule has 0 bridgehead atoms. The Morgan fingerprint density at radius 1 is 1.06 bits per heavy atom. The van der Waals surface area contributed by atoms with Crippen LogP contribution in [0.2, 0.25) is 0 Å². The van der Waals surface area contributed by atoms with Gasteiger partial charge >= 0.3 is 6.03 Å². The van der Waals surface area contributed by atoms with Gasteiger partial charge in [-0.3, -0.25) is 4.68 Å². The van der Waals surface area contributed by atoms with Crippen LogP contribution in [0.3, 0.4) is 0 Å². The summed E-state index contributed by atoms with van der Waals surface area (Å²) in [6.45, 7) is 7.01. The summed E-state index contributed by atoms with van der Waals surface area (Å²) < 4.78 is 36.5. The third-order valence-corrected chi connectivity index (χ3v) is 7.88. The van der Waals surface area contributed by atoms with Crippen molar-refractivity contribution in [2.75, 3.05) is 20.2 Å². The van der Waals surface area contributed by atoms with Crippen LogP contribution in [0.1, 0.15) is 22.5 Å². The largest absolute Gasteiger partial charge is 0.492 e. The number of hydrogen-bond acceptors (Lipinski definition) is 5. The van der Waals surface area contributed by atoms with E-state index in [0.29, 0.717) is 43.1 Å². The molecule has 2 aromatic carbocycles. The lowest BCUT2D eigenvalue weighted by molar-refractivity contribution is 0.243. The fourth-order valence-electron chi connectivity index (χ4n) is 4.20. The molecule has 0 saturated carbocycles. The van der Waals surface area contributed by atoms with Crippen LogP contribution in [0.5, 0.6) is 5.75 Å². The summed E-state index contributed by atoms with van der Waals surface area (Å²) in [4.78, 5) is 11.9. The van der Waals surface area contributed by atoms with Crippen molar-refractivity contribution >= 4 is 27.0 Å². The number of rotatable bonds is 9. The molecule has 0 radical (unpaired) electrons. The van der Waals surface area contributed by atoms with Gasteiger partial charge < -0.3 is 15.4 Å². The molecule has 2 N–H and O–H groups in total. The molecule has 0 aliphatic rings. The fraction of sp³-hybridized carbons (Fsp3) is 0.308. The van der Waals surface area contributed by atoms with Crippen LogP contribution in [0.4, 0.5) is 4.79 Å². The first-order valence-electron chi connectivity index (χ1n) is 11.8. The Bertz CT molecular complexity index is 1490. The van der Waals surface area contributed by atoms with Gasteiger partial charge in [-0.1, -0.05) is 17.7 Å². The average Bonchev–Trinajstić information content (AvgIpc) is 3.39. The van der Waals surface area contributed by atoms with E-state index >= 15 is 0 Å². The van der Waals surface area contributed by atoms with Crippen LogP contribution in [-0.2, 0) is 23.0 Å². The normalized spacial score (nSPS) is 11.6. The van der Waals surface area contributed by atoms with Gasteiger partial charge in [-0.05, 0) is 69.2 Å². The lowest BCUT2D eigenvalue weighted by Crippen LogP contribution is -2.34. The maximum Gasteiger partial charge on any atom is 0.314 e. The van der Waals surface area contributed by atoms with E-state index in [1.807, 2.05) is 36.9 Å². The predicted octanol–water partition coefficient (Wildman–Crippen LogP) is 3.55. The zero-order chi connectivity index (χ0) is 25.9. The van der Waals surface area contributed by atoms with Crippen molar-refractivity contribution in [2.24, 2.45) is 0 Å². The van der Waals surface area contributed by atoms with Crippen molar-refractivity contribution in [1.29, 1.82) is 0 Å². The molecule has 2 heterocycles. The Morgan fingerprint density at radius 2 is 1.81 bits per heavy atom. The zero-order valence-electron chi connectivity index (χ0n) is 20.9. The molecule has 2 amide bonds.